The highest BCUT2D eigenvalue weighted by atomic mass is 35.5. The van der Waals surface area contributed by atoms with E-state index < -0.39 is 16.7 Å². The zero-order valence-corrected chi connectivity index (χ0v) is 15.5. The summed E-state index contributed by atoms with van der Waals surface area (Å²) in [5.74, 6) is 0.107. The van der Waals surface area contributed by atoms with Crippen molar-refractivity contribution in [2.45, 2.75) is 12.1 Å². The van der Waals surface area contributed by atoms with Crippen molar-refractivity contribution in [3.8, 4) is 0 Å². The molecule has 0 atom stereocenters. The van der Waals surface area contributed by atoms with Gasteiger partial charge in [-0.2, -0.15) is 13.2 Å². The van der Waals surface area contributed by atoms with E-state index in [4.69, 9.17) is 17.3 Å². The van der Waals surface area contributed by atoms with Crippen LogP contribution in [0.3, 0.4) is 0 Å². The molecule has 28 heavy (non-hydrogen) atoms. The third-order valence-corrected chi connectivity index (χ3v) is 5.04. The second kappa shape index (κ2) is 7.75. The standard InChI is InChI=1S/C18H18ClF3N4O2/c19-11-12-9-17(26(27)28)15(23)10-16(12)25-7-5-24(6-8-25)14-3-1-13(2-4-14)18(20,21)22/h1-4,9-10H,5-8,11,23H2. The van der Waals surface area contributed by atoms with Crippen molar-refractivity contribution in [3.05, 3.63) is 57.6 Å². The summed E-state index contributed by atoms with van der Waals surface area (Å²) in [4.78, 5) is 14.5. The number of nitro groups is 1. The van der Waals surface area contributed by atoms with Crippen LogP contribution in [0, 0.1) is 10.1 Å². The van der Waals surface area contributed by atoms with Crippen molar-refractivity contribution in [2.24, 2.45) is 0 Å². The average molecular weight is 415 g/mol. The molecule has 1 aliphatic rings. The fraction of sp³-hybridized carbons (Fsp3) is 0.333. The Bertz CT molecular complexity index is 866. The van der Waals surface area contributed by atoms with E-state index in [1.165, 1.54) is 18.2 Å². The number of rotatable bonds is 4. The Morgan fingerprint density at radius 3 is 2.14 bits per heavy atom. The summed E-state index contributed by atoms with van der Waals surface area (Å²) in [7, 11) is 0. The third-order valence-electron chi connectivity index (χ3n) is 4.75. The van der Waals surface area contributed by atoms with Gasteiger partial charge in [-0.15, -0.1) is 11.6 Å². The first-order chi connectivity index (χ1) is 13.2. The van der Waals surface area contributed by atoms with E-state index in [9.17, 15) is 23.3 Å². The highest BCUT2D eigenvalue weighted by Gasteiger charge is 2.30. The van der Waals surface area contributed by atoms with Crippen LogP contribution >= 0.6 is 11.6 Å². The number of anilines is 3. The van der Waals surface area contributed by atoms with Gasteiger partial charge in [-0.05, 0) is 35.9 Å². The van der Waals surface area contributed by atoms with Crippen LogP contribution in [-0.4, -0.2) is 31.1 Å². The Morgan fingerprint density at radius 1 is 1.07 bits per heavy atom. The number of halogens is 4. The lowest BCUT2D eigenvalue weighted by Gasteiger charge is -2.38. The molecule has 3 rings (SSSR count). The van der Waals surface area contributed by atoms with Gasteiger partial charge >= 0.3 is 6.18 Å². The van der Waals surface area contributed by atoms with Crippen LogP contribution in [0.1, 0.15) is 11.1 Å². The fourth-order valence-corrected chi connectivity index (χ4v) is 3.48. The maximum atomic E-state index is 12.7. The molecule has 0 saturated carbocycles. The van der Waals surface area contributed by atoms with E-state index >= 15 is 0 Å². The van der Waals surface area contributed by atoms with Crippen molar-refractivity contribution >= 4 is 34.4 Å². The number of nitrogens with zero attached hydrogens (tertiary/aromatic N) is 3. The minimum atomic E-state index is -4.36. The molecule has 2 aromatic carbocycles. The minimum absolute atomic E-state index is 0.0686. The molecular weight excluding hydrogens is 397 g/mol. The van der Waals surface area contributed by atoms with E-state index in [-0.39, 0.29) is 17.3 Å². The molecule has 0 amide bonds. The molecule has 1 saturated heterocycles. The lowest BCUT2D eigenvalue weighted by Crippen LogP contribution is -2.46. The first kappa shape index (κ1) is 20.1. The molecule has 1 fully saturated rings. The van der Waals surface area contributed by atoms with Gasteiger partial charge in [0.15, 0.2) is 0 Å². The SMILES string of the molecule is Nc1cc(N2CCN(c3ccc(C(F)(F)F)cc3)CC2)c(CCl)cc1[N+](=O)[O-]. The van der Waals surface area contributed by atoms with Gasteiger partial charge in [0.05, 0.1) is 10.5 Å². The van der Waals surface area contributed by atoms with E-state index in [0.717, 1.165) is 17.8 Å². The Labute approximate surface area is 164 Å². The van der Waals surface area contributed by atoms with E-state index in [1.807, 2.05) is 9.80 Å². The fourth-order valence-electron chi connectivity index (χ4n) is 3.26. The van der Waals surface area contributed by atoms with Gasteiger partial charge in [-0.25, -0.2) is 0 Å². The summed E-state index contributed by atoms with van der Waals surface area (Å²) in [6.45, 7) is 2.35. The zero-order chi connectivity index (χ0) is 20.5. The van der Waals surface area contributed by atoms with E-state index in [0.29, 0.717) is 37.4 Å². The van der Waals surface area contributed by atoms with Crippen LogP contribution in [0.4, 0.5) is 35.9 Å². The molecule has 150 valence electrons. The number of alkyl halides is 4. The number of nitrogens with two attached hydrogens (primary N) is 1. The van der Waals surface area contributed by atoms with Crippen LogP contribution in [0.5, 0.6) is 0 Å². The van der Waals surface area contributed by atoms with Gasteiger partial charge in [0.25, 0.3) is 5.69 Å². The molecule has 2 aromatic rings. The third kappa shape index (κ3) is 4.09. The van der Waals surface area contributed by atoms with Crippen molar-refractivity contribution in [3.63, 3.8) is 0 Å². The number of benzene rings is 2. The quantitative estimate of drug-likeness (QED) is 0.350. The monoisotopic (exact) mass is 414 g/mol. The smallest absolute Gasteiger partial charge is 0.393 e. The summed E-state index contributed by atoms with van der Waals surface area (Å²) >= 11 is 5.96. The summed E-state index contributed by atoms with van der Waals surface area (Å²) in [5.41, 5.74) is 7.09. The largest absolute Gasteiger partial charge is 0.416 e. The van der Waals surface area contributed by atoms with Gasteiger partial charge in [0.1, 0.15) is 5.69 Å². The Balaban J connectivity index is 1.73. The Kier molecular flexibility index (Phi) is 5.55. The predicted octanol–water partition coefficient (Wildman–Crippen LogP) is 4.26. The first-order valence-electron chi connectivity index (χ1n) is 8.50. The van der Waals surface area contributed by atoms with Crippen LogP contribution in [-0.2, 0) is 12.1 Å². The molecule has 0 bridgehead atoms. The maximum absolute atomic E-state index is 12.7. The Hall–Kier alpha value is -2.68. The van der Waals surface area contributed by atoms with Crippen molar-refractivity contribution < 1.29 is 18.1 Å². The summed E-state index contributed by atoms with van der Waals surface area (Å²) in [6.07, 6.45) is -4.36. The van der Waals surface area contributed by atoms with Crippen LogP contribution < -0.4 is 15.5 Å². The summed E-state index contributed by atoms with van der Waals surface area (Å²) in [6, 6.07) is 8.03. The van der Waals surface area contributed by atoms with Crippen LogP contribution in [0.2, 0.25) is 0 Å². The van der Waals surface area contributed by atoms with E-state index in [1.54, 1.807) is 6.07 Å². The summed E-state index contributed by atoms with van der Waals surface area (Å²) in [5, 5.41) is 11.1. The second-order valence-electron chi connectivity index (χ2n) is 6.45. The molecule has 2 N–H and O–H groups in total. The number of hydrogen-bond donors (Lipinski definition) is 1. The zero-order valence-electron chi connectivity index (χ0n) is 14.7. The molecule has 1 aliphatic heterocycles. The topological polar surface area (TPSA) is 75.6 Å². The minimum Gasteiger partial charge on any atom is -0.393 e. The number of nitrogen functional groups attached to an aromatic ring is 1. The predicted molar refractivity (Wildman–Crippen MR) is 103 cm³/mol. The van der Waals surface area contributed by atoms with Crippen LogP contribution in [0.15, 0.2) is 36.4 Å². The lowest BCUT2D eigenvalue weighted by atomic mass is 10.1. The normalized spacial score (nSPS) is 15.0. The molecule has 0 unspecified atom stereocenters. The van der Waals surface area contributed by atoms with Gasteiger partial charge in [0, 0.05) is 49.5 Å². The van der Waals surface area contributed by atoms with Crippen LogP contribution in [0.25, 0.3) is 0 Å². The second-order valence-corrected chi connectivity index (χ2v) is 6.72. The highest BCUT2D eigenvalue weighted by molar-refractivity contribution is 6.17. The highest BCUT2D eigenvalue weighted by Crippen LogP contribution is 2.34. The molecule has 1 heterocycles. The van der Waals surface area contributed by atoms with Gasteiger partial charge in [-0.1, -0.05) is 0 Å². The van der Waals surface area contributed by atoms with Gasteiger partial charge in [0.2, 0.25) is 0 Å². The number of piperazine rings is 1. The molecule has 0 radical (unpaired) electrons. The summed E-state index contributed by atoms with van der Waals surface area (Å²) < 4.78 is 38.1. The molecule has 0 aromatic heterocycles. The molecular formula is C18H18ClF3N4O2. The van der Waals surface area contributed by atoms with Crippen molar-refractivity contribution in [2.75, 3.05) is 41.7 Å². The van der Waals surface area contributed by atoms with E-state index in [2.05, 4.69) is 0 Å². The molecule has 0 aliphatic carbocycles. The first-order valence-corrected chi connectivity index (χ1v) is 9.04. The number of nitro benzene ring substituents is 1. The molecule has 6 nitrogen and oxygen atoms in total. The average Bonchev–Trinajstić information content (AvgIpc) is 2.67. The van der Waals surface area contributed by atoms with Gasteiger partial charge in [-0.3, -0.25) is 10.1 Å². The van der Waals surface area contributed by atoms with Crippen molar-refractivity contribution in [1.82, 2.24) is 0 Å². The van der Waals surface area contributed by atoms with Crippen molar-refractivity contribution in [1.29, 1.82) is 0 Å². The molecule has 0 spiro atoms. The molecule has 10 heteroatoms. The lowest BCUT2D eigenvalue weighted by molar-refractivity contribution is -0.383. The van der Waals surface area contributed by atoms with Gasteiger partial charge < -0.3 is 15.5 Å². The maximum Gasteiger partial charge on any atom is 0.416 e. The Morgan fingerprint density at radius 2 is 1.64 bits per heavy atom. The number of hydrogen-bond acceptors (Lipinski definition) is 5.